The number of carbonyl (C=O) groups is 1. The molecule has 1 aliphatic heterocycles. The van der Waals surface area contributed by atoms with E-state index in [1.165, 1.54) is 18.5 Å². The molecular weight excluding hydrogens is 284 g/mol. The van der Waals surface area contributed by atoms with Crippen molar-refractivity contribution in [3.63, 3.8) is 0 Å². The van der Waals surface area contributed by atoms with Gasteiger partial charge in [0.15, 0.2) is 0 Å². The number of nitrogens with one attached hydrogen (secondary N) is 1. The molecule has 1 aromatic carbocycles. The van der Waals surface area contributed by atoms with Crippen LogP contribution in [0.1, 0.15) is 6.42 Å². The van der Waals surface area contributed by atoms with Gasteiger partial charge >= 0.3 is 6.09 Å². The van der Waals surface area contributed by atoms with Crippen LogP contribution in [0.4, 0.5) is 16.2 Å². The highest BCUT2D eigenvalue weighted by atomic mass is 32.2. The third kappa shape index (κ3) is 2.79. The number of anilines is 2. The van der Waals surface area contributed by atoms with Crippen LogP contribution in [-0.2, 0) is 14.8 Å². The Morgan fingerprint density at radius 2 is 2.10 bits per heavy atom. The molecule has 8 heteroatoms. The molecule has 20 heavy (non-hydrogen) atoms. The Balaban J connectivity index is 2.32. The standard InChI is InChI=1S/C12H16N2O5S/c1-18-11-8-9(14-6-3-7-20(14,16)17)4-5-10(11)13-12(15)19-2/h4-5,8H,3,6-7H2,1-2H3,(H,13,15). The first-order valence-electron chi connectivity index (χ1n) is 6.01. The summed E-state index contributed by atoms with van der Waals surface area (Å²) in [5.74, 6) is 0.521. The van der Waals surface area contributed by atoms with Gasteiger partial charge in [-0.05, 0) is 18.6 Å². The highest BCUT2D eigenvalue weighted by molar-refractivity contribution is 7.93. The predicted octanol–water partition coefficient (Wildman–Crippen LogP) is 1.41. The quantitative estimate of drug-likeness (QED) is 0.912. The van der Waals surface area contributed by atoms with Gasteiger partial charge in [-0.3, -0.25) is 9.62 Å². The van der Waals surface area contributed by atoms with E-state index in [1.807, 2.05) is 0 Å². The minimum Gasteiger partial charge on any atom is -0.494 e. The number of ether oxygens (including phenoxy) is 2. The summed E-state index contributed by atoms with van der Waals surface area (Å²) in [7, 11) is -0.539. The third-order valence-electron chi connectivity index (χ3n) is 2.99. The van der Waals surface area contributed by atoms with E-state index in [0.717, 1.165) is 0 Å². The van der Waals surface area contributed by atoms with Crippen LogP contribution in [0.5, 0.6) is 5.75 Å². The topological polar surface area (TPSA) is 84.9 Å². The molecule has 1 heterocycles. The van der Waals surface area contributed by atoms with E-state index in [4.69, 9.17) is 4.74 Å². The SMILES string of the molecule is COC(=O)Nc1ccc(N2CCCS2(=O)=O)cc1OC. The van der Waals surface area contributed by atoms with Crippen LogP contribution in [0.2, 0.25) is 0 Å². The van der Waals surface area contributed by atoms with Crippen molar-refractivity contribution in [1.29, 1.82) is 0 Å². The monoisotopic (exact) mass is 300 g/mol. The van der Waals surface area contributed by atoms with Crippen LogP contribution in [0, 0.1) is 0 Å². The Morgan fingerprint density at radius 3 is 2.65 bits per heavy atom. The fourth-order valence-electron chi connectivity index (χ4n) is 2.03. The summed E-state index contributed by atoms with van der Waals surface area (Å²) in [6.45, 7) is 0.454. The second kappa shape index (κ2) is 5.58. The molecule has 1 aromatic rings. The highest BCUT2D eigenvalue weighted by Crippen LogP contribution is 2.32. The summed E-state index contributed by atoms with van der Waals surface area (Å²) < 4.78 is 34.7. The van der Waals surface area contributed by atoms with Crippen molar-refractivity contribution in [2.75, 3.05) is 36.1 Å². The Labute approximate surface area is 117 Å². The zero-order valence-electron chi connectivity index (χ0n) is 11.3. The van der Waals surface area contributed by atoms with Gasteiger partial charge < -0.3 is 9.47 Å². The van der Waals surface area contributed by atoms with Gasteiger partial charge in [-0.25, -0.2) is 13.2 Å². The van der Waals surface area contributed by atoms with Crippen LogP contribution >= 0.6 is 0 Å². The molecule has 0 radical (unpaired) electrons. The maximum Gasteiger partial charge on any atom is 0.411 e. The summed E-state index contributed by atoms with van der Waals surface area (Å²) in [6, 6.07) is 4.78. The van der Waals surface area contributed by atoms with Crippen molar-refractivity contribution in [1.82, 2.24) is 0 Å². The lowest BCUT2D eigenvalue weighted by Crippen LogP contribution is -2.25. The molecule has 1 saturated heterocycles. The van der Waals surface area contributed by atoms with Crippen molar-refractivity contribution in [3.8, 4) is 5.75 Å². The van der Waals surface area contributed by atoms with Crippen molar-refractivity contribution >= 4 is 27.5 Å². The van der Waals surface area contributed by atoms with E-state index in [2.05, 4.69) is 10.1 Å². The zero-order chi connectivity index (χ0) is 14.8. The second-order valence-corrected chi connectivity index (χ2v) is 6.26. The van der Waals surface area contributed by atoms with Gasteiger partial charge in [-0.1, -0.05) is 0 Å². The minimum absolute atomic E-state index is 0.150. The molecule has 0 spiro atoms. The number of rotatable bonds is 3. The highest BCUT2D eigenvalue weighted by Gasteiger charge is 2.29. The van der Waals surface area contributed by atoms with Crippen molar-refractivity contribution in [2.45, 2.75) is 6.42 Å². The summed E-state index contributed by atoms with van der Waals surface area (Å²) >= 11 is 0. The van der Waals surface area contributed by atoms with Crippen LogP contribution in [0.15, 0.2) is 18.2 Å². The molecular formula is C12H16N2O5S. The van der Waals surface area contributed by atoms with E-state index < -0.39 is 16.1 Å². The summed E-state index contributed by atoms with van der Waals surface area (Å²) in [5.41, 5.74) is 0.939. The van der Waals surface area contributed by atoms with Crippen LogP contribution in [0.3, 0.4) is 0 Å². The molecule has 2 rings (SSSR count). The molecule has 1 aliphatic rings. The van der Waals surface area contributed by atoms with Gasteiger partial charge in [0.25, 0.3) is 0 Å². The maximum absolute atomic E-state index is 11.9. The Bertz CT molecular complexity index is 614. The largest absolute Gasteiger partial charge is 0.494 e. The Hall–Kier alpha value is -1.96. The average Bonchev–Trinajstić information content (AvgIpc) is 2.78. The van der Waals surface area contributed by atoms with E-state index in [1.54, 1.807) is 18.2 Å². The van der Waals surface area contributed by atoms with Crippen molar-refractivity contribution < 1.29 is 22.7 Å². The van der Waals surface area contributed by atoms with E-state index >= 15 is 0 Å². The van der Waals surface area contributed by atoms with Gasteiger partial charge in [-0.15, -0.1) is 0 Å². The maximum atomic E-state index is 11.9. The van der Waals surface area contributed by atoms with Gasteiger partial charge in [0.1, 0.15) is 5.75 Å². The Morgan fingerprint density at radius 1 is 1.35 bits per heavy atom. The molecule has 0 atom stereocenters. The molecule has 0 saturated carbocycles. The number of carbonyl (C=O) groups excluding carboxylic acids is 1. The lowest BCUT2D eigenvalue weighted by Gasteiger charge is -2.19. The van der Waals surface area contributed by atoms with Crippen molar-refractivity contribution in [3.05, 3.63) is 18.2 Å². The molecule has 0 aliphatic carbocycles. The van der Waals surface area contributed by atoms with Gasteiger partial charge in [0.2, 0.25) is 10.0 Å². The summed E-state index contributed by atoms with van der Waals surface area (Å²) in [4.78, 5) is 11.2. The average molecular weight is 300 g/mol. The lowest BCUT2D eigenvalue weighted by atomic mass is 10.2. The zero-order valence-corrected chi connectivity index (χ0v) is 12.1. The molecule has 1 amide bonds. The van der Waals surface area contributed by atoms with Crippen LogP contribution in [-0.4, -0.2) is 41.0 Å². The minimum atomic E-state index is -3.24. The number of hydrogen-bond donors (Lipinski definition) is 1. The molecule has 0 unspecified atom stereocenters. The summed E-state index contributed by atoms with van der Waals surface area (Å²) in [6.07, 6.45) is -0.0165. The number of nitrogens with zero attached hydrogens (tertiary/aromatic N) is 1. The number of hydrogen-bond acceptors (Lipinski definition) is 5. The number of amides is 1. The first kappa shape index (κ1) is 14.4. The molecule has 0 aromatic heterocycles. The molecule has 0 bridgehead atoms. The van der Waals surface area contributed by atoms with Crippen LogP contribution < -0.4 is 14.4 Å². The van der Waals surface area contributed by atoms with Gasteiger partial charge in [-0.2, -0.15) is 0 Å². The molecule has 1 fully saturated rings. The lowest BCUT2D eigenvalue weighted by molar-refractivity contribution is 0.187. The second-order valence-electron chi connectivity index (χ2n) is 4.24. The van der Waals surface area contributed by atoms with E-state index in [0.29, 0.717) is 30.1 Å². The molecule has 7 nitrogen and oxygen atoms in total. The number of methoxy groups -OCH3 is 2. The van der Waals surface area contributed by atoms with Crippen LogP contribution in [0.25, 0.3) is 0 Å². The van der Waals surface area contributed by atoms with Gasteiger partial charge in [0.05, 0.1) is 31.3 Å². The predicted molar refractivity (Wildman–Crippen MR) is 74.8 cm³/mol. The third-order valence-corrected chi connectivity index (χ3v) is 4.86. The smallest absolute Gasteiger partial charge is 0.411 e. The number of benzene rings is 1. The van der Waals surface area contributed by atoms with E-state index in [-0.39, 0.29) is 5.75 Å². The fraction of sp³-hybridized carbons (Fsp3) is 0.417. The Kier molecular flexibility index (Phi) is 4.03. The fourth-order valence-corrected chi connectivity index (χ4v) is 3.59. The van der Waals surface area contributed by atoms with Crippen molar-refractivity contribution in [2.24, 2.45) is 0 Å². The first-order valence-corrected chi connectivity index (χ1v) is 7.62. The first-order chi connectivity index (χ1) is 9.47. The molecule has 110 valence electrons. The number of sulfonamides is 1. The summed E-state index contributed by atoms with van der Waals surface area (Å²) in [5, 5.41) is 2.50. The van der Waals surface area contributed by atoms with E-state index in [9.17, 15) is 13.2 Å². The van der Waals surface area contributed by atoms with Gasteiger partial charge in [0, 0.05) is 12.6 Å². The molecule has 1 N–H and O–H groups in total. The normalized spacial score (nSPS) is 16.8.